The molecule has 0 aliphatic heterocycles. The molecule has 0 radical (unpaired) electrons. The van der Waals surface area contributed by atoms with E-state index in [0.29, 0.717) is 22.5 Å². The molecule has 1 amide bonds. The molecule has 2 aliphatic carbocycles. The summed E-state index contributed by atoms with van der Waals surface area (Å²) in [6.45, 7) is 2.04. The molecule has 30 heavy (non-hydrogen) atoms. The van der Waals surface area contributed by atoms with Crippen LogP contribution in [-0.4, -0.2) is 20.4 Å². The number of anilines is 1. The van der Waals surface area contributed by atoms with Gasteiger partial charge in [0.2, 0.25) is 0 Å². The zero-order valence-corrected chi connectivity index (χ0v) is 18.9. The predicted molar refractivity (Wildman–Crippen MR) is 120 cm³/mol. The minimum Gasteiger partial charge on any atom is -0.349 e. The number of rotatable bonds is 6. The van der Waals surface area contributed by atoms with Gasteiger partial charge in [0.1, 0.15) is 4.90 Å². The third kappa shape index (κ3) is 4.46. The maximum Gasteiger partial charge on any atom is 0.263 e. The molecule has 2 saturated carbocycles. The SMILES string of the molecule is C[C@H](NC(=O)c1ccc(Cl)c(S(=O)(=O)Nc2ccc(Cl)cc2)c1)[C@H]1C[C@@H]2CC[C@@H]1C2. The highest BCUT2D eigenvalue weighted by molar-refractivity contribution is 7.92. The Morgan fingerprint density at radius 2 is 1.80 bits per heavy atom. The Balaban J connectivity index is 1.50. The van der Waals surface area contributed by atoms with E-state index < -0.39 is 10.0 Å². The van der Waals surface area contributed by atoms with E-state index in [1.165, 1.54) is 31.4 Å². The molecule has 2 N–H and O–H groups in total. The number of hydrogen-bond donors (Lipinski definition) is 2. The summed E-state index contributed by atoms with van der Waals surface area (Å²) < 4.78 is 28.1. The van der Waals surface area contributed by atoms with Crippen LogP contribution in [0.1, 0.15) is 43.0 Å². The highest BCUT2D eigenvalue weighted by Gasteiger charge is 2.42. The minimum atomic E-state index is -3.97. The largest absolute Gasteiger partial charge is 0.349 e. The summed E-state index contributed by atoms with van der Waals surface area (Å²) in [5.74, 6) is 1.69. The Hall–Kier alpha value is -1.76. The number of benzene rings is 2. The van der Waals surface area contributed by atoms with Gasteiger partial charge in [-0.25, -0.2) is 8.42 Å². The highest BCUT2D eigenvalue weighted by atomic mass is 35.5. The van der Waals surface area contributed by atoms with Crippen LogP contribution in [0.4, 0.5) is 5.69 Å². The average Bonchev–Trinajstić information content (AvgIpc) is 3.33. The van der Waals surface area contributed by atoms with E-state index in [-0.39, 0.29) is 27.4 Å². The van der Waals surface area contributed by atoms with E-state index in [9.17, 15) is 13.2 Å². The number of halogens is 2. The summed E-state index contributed by atoms with van der Waals surface area (Å²) in [7, 11) is -3.97. The van der Waals surface area contributed by atoms with Gasteiger partial charge in [0.05, 0.1) is 5.02 Å². The normalized spacial score (nSPS) is 23.9. The molecule has 0 aromatic heterocycles. The van der Waals surface area contributed by atoms with Crippen molar-refractivity contribution in [3.63, 3.8) is 0 Å². The van der Waals surface area contributed by atoms with E-state index in [0.717, 1.165) is 12.3 Å². The number of hydrogen-bond acceptors (Lipinski definition) is 3. The number of amides is 1. The van der Waals surface area contributed by atoms with E-state index in [1.807, 2.05) is 6.92 Å². The second kappa shape index (κ2) is 8.40. The van der Waals surface area contributed by atoms with E-state index >= 15 is 0 Å². The third-order valence-electron chi connectivity index (χ3n) is 6.37. The first kappa shape index (κ1) is 21.5. The standard InChI is InChI=1S/C22H24Cl2N2O3S/c1-13(19-11-14-2-3-15(19)10-14)25-22(27)16-4-9-20(24)21(12-16)30(28,29)26-18-7-5-17(23)6-8-18/h4-9,12-15,19,26H,2-3,10-11H2,1H3,(H,25,27)/t13-,14+,15+,19+/m0/s1. The van der Waals surface area contributed by atoms with Crippen LogP contribution < -0.4 is 10.0 Å². The smallest absolute Gasteiger partial charge is 0.263 e. The molecule has 5 nitrogen and oxygen atoms in total. The van der Waals surface area contributed by atoms with Gasteiger partial charge in [-0.2, -0.15) is 0 Å². The molecule has 4 atom stereocenters. The first-order chi connectivity index (χ1) is 14.2. The zero-order valence-electron chi connectivity index (χ0n) is 16.6. The van der Waals surface area contributed by atoms with Crippen molar-refractivity contribution in [2.24, 2.45) is 17.8 Å². The summed E-state index contributed by atoms with van der Waals surface area (Å²) in [4.78, 5) is 12.7. The number of carbonyl (C=O) groups is 1. The van der Waals surface area contributed by atoms with Crippen LogP contribution in [0.3, 0.4) is 0 Å². The fraction of sp³-hybridized carbons (Fsp3) is 0.409. The van der Waals surface area contributed by atoms with Gasteiger partial charge in [-0.15, -0.1) is 0 Å². The molecular formula is C22H24Cl2N2O3S. The first-order valence-electron chi connectivity index (χ1n) is 10.1. The Kier molecular flexibility index (Phi) is 6.02. The maximum atomic E-state index is 12.8. The number of sulfonamides is 1. The third-order valence-corrected chi connectivity index (χ3v) is 8.49. The lowest BCUT2D eigenvalue weighted by Crippen LogP contribution is -2.40. The van der Waals surface area contributed by atoms with Gasteiger partial charge >= 0.3 is 0 Å². The van der Waals surface area contributed by atoms with Crippen molar-refractivity contribution in [2.45, 2.75) is 43.5 Å². The Morgan fingerprint density at radius 3 is 2.43 bits per heavy atom. The van der Waals surface area contributed by atoms with Crippen LogP contribution in [0.5, 0.6) is 0 Å². The van der Waals surface area contributed by atoms with Crippen molar-refractivity contribution in [3.8, 4) is 0 Å². The molecule has 2 aromatic rings. The van der Waals surface area contributed by atoms with Crippen LogP contribution in [0, 0.1) is 17.8 Å². The molecule has 2 aliphatic rings. The van der Waals surface area contributed by atoms with Gasteiger partial charge in [-0.1, -0.05) is 29.6 Å². The van der Waals surface area contributed by atoms with E-state index in [1.54, 1.807) is 30.3 Å². The van der Waals surface area contributed by atoms with E-state index in [4.69, 9.17) is 23.2 Å². The molecule has 8 heteroatoms. The predicted octanol–water partition coefficient (Wildman–Crippen LogP) is 5.35. The Bertz CT molecular complexity index is 1060. The second-order valence-corrected chi connectivity index (χ2v) is 10.9. The van der Waals surface area contributed by atoms with Gasteiger partial charge in [-0.3, -0.25) is 9.52 Å². The number of fused-ring (bicyclic) bond motifs is 2. The summed E-state index contributed by atoms with van der Waals surface area (Å²) in [5.41, 5.74) is 0.626. The van der Waals surface area contributed by atoms with Crippen LogP contribution in [-0.2, 0) is 10.0 Å². The van der Waals surface area contributed by atoms with Crippen molar-refractivity contribution in [1.29, 1.82) is 0 Å². The molecule has 2 aromatic carbocycles. The number of carbonyl (C=O) groups excluding carboxylic acids is 1. The monoisotopic (exact) mass is 466 g/mol. The van der Waals surface area contributed by atoms with Gasteiger partial charge in [0.15, 0.2) is 0 Å². The first-order valence-corrected chi connectivity index (χ1v) is 12.4. The number of nitrogens with one attached hydrogen (secondary N) is 2. The summed E-state index contributed by atoms with van der Waals surface area (Å²) in [6, 6.07) is 10.6. The van der Waals surface area contributed by atoms with Crippen molar-refractivity contribution in [1.82, 2.24) is 5.32 Å². The minimum absolute atomic E-state index is 0.0502. The quantitative estimate of drug-likeness (QED) is 0.602. The van der Waals surface area contributed by atoms with Gasteiger partial charge < -0.3 is 5.32 Å². The lowest BCUT2D eigenvalue weighted by Gasteiger charge is -2.28. The molecule has 2 bridgehead atoms. The molecule has 0 heterocycles. The fourth-order valence-electron chi connectivity index (χ4n) is 4.88. The van der Waals surface area contributed by atoms with Crippen LogP contribution in [0.2, 0.25) is 10.0 Å². The summed E-state index contributed by atoms with van der Waals surface area (Å²) >= 11 is 12.0. The lowest BCUT2D eigenvalue weighted by molar-refractivity contribution is 0.0915. The molecule has 0 spiro atoms. The topological polar surface area (TPSA) is 75.3 Å². The van der Waals surface area contributed by atoms with Gasteiger partial charge in [0.25, 0.3) is 15.9 Å². The Labute approximate surface area is 187 Å². The fourth-order valence-corrected chi connectivity index (χ4v) is 6.59. The van der Waals surface area contributed by atoms with E-state index in [2.05, 4.69) is 10.0 Å². The van der Waals surface area contributed by atoms with Gasteiger partial charge in [0, 0.05) is 22.3 Å². The Morgan fingerprint density at radius 1 is 1.07 bits per heavy atom. The summed E-state index contributed by atoms with van der Waals surface area (Å²) in [6.07, 6.45) is 4.98. The van der Waals surface area contributed by atoms with Crippen LogP contribution >= 0.6 is 23.2 Å². The molecule has 4 rings (SSSR count). The van der Waals surface area contributed by atoms with Crippen LogP contribution in [0.15, 0.2) is 47.4 Å². The molecule has 160 valence electrons. The zero-order chi connectivity index (χ0) is 21.5. The molecule has 0 saturated heterocycles. The lowest BCUT2D eigenvalue weighted by atomic mass is 9.84. The van der Waals surface area contributed by atoms with Crippen molar-refractivity contribution in [3.05, 3.63) is 58.1 Å². The molecular weight excluding hydrogens is 443 g/mol. The second-order valence-electron chi connectivity index (χ2n) is 8.36. The summed E-state index contributed by atoms with van der Waals surface area (Å²) in [5, 5.41) is 3.61. The average molecular weight is 467 g/mol. The maximum absolute atomic E-state index is 12.8. The van der Waals surface area contributed by atoms with Crippen molar-refractivity contribution in [2.75, 3.05) is 4.72 Å². The van der Waals surface area contributed by atoms with Gasteiger partial charge in [-0.05, 0) is 86.4 Å². The van der Waals surface area contributed by atoms with Crippen LogP contribution in [0.25, 0.3) is 0 Å². The van der Waals surface area contributed by atoms with Crippen molar-refractivity contribution < 1.29 is 13.2 Å². The van der Waals surface area contributed by atoms with Crippen molar-refractivity contribution >= 4 is 44.8 Å². The molecule has 2 fully saturated rings. The molecule has 0 unspecified atom stereocenters. The highest BCUT2D eigenvalue weighted by Crippen LogP contribution is 2.49.